The topological polar surface area (TPSA) is 41.3 Å². The molecule has 2 aromatic heterocycles. The van der Waals surface area contributed by atoms with Gasteiger partial charge in [0.2, 0.25) is 0 Å². The number of aromatic nitrogens is 2. The Hall–Kier alpha value is -3.25. The van der Waals surface area contributed by atoms with Gasteiger partial charge in [-0.15, -0.1) is 0 Å². The molecule has 2 aromatic carbocycles. The Balaban J connectivity index is 1.56. The number of hydrogen-bond acceptors (Lipinski definition) is 3. The minimum absolute atomic E-state index is 0.282. The second-order valence-corrected chi connectivity index (χ2v) is 7.74. The number of benzene rings is 2. The smallest absolute Gasteiger partial charge is 0.128 e. The quantitative estimate of drug-likeness (QED) is 0.540. The van der Waals surface area contributed by atoms with Crippen LogP contribution in [0.5, 0.6) is 0 Å². The maximum absolute atomic E-state index is 13.8. The molecule has 1 unspecified atom stereocenters. The second-order valence-electron chi connectivity index (χ2n) is 7.74. The van der Waals surface area contributed by atoms with E-state index in [9.17, 15) is 13.9 Å². The molecule has 0 aliphatic carbocycles. The number of pyridine rings is 1. The molecule has 4 nitrogen and oxygen atoms in total. The van der Waals surface area contributed by atoms with Crippen LogP contribution in [-0.4, -0.2) is 33.9 Å². The first-order valence-electron chi connectivity index (χ1n) is 9.99. The Kier molecular flexibility index (Phi) is 4.71. The van der Waals surface area contributed by atoms with E-state index in [2.05, 4.69) is 14.5 Å². The molecule has 1 N–H and O–H groups in total. The molecule has 1 aliphatic rings. The van der Waals surface area contributed by atoms with Crippen LogP contribution in [-0.2, 0) is 6.54 Å². The monoisotopic (exact) mass is 405 g/mol. The summed E-state index contributed by atoms with van der Waals surface area (Å²) in [7, 11) is 0. The third kappa shape index (κ3) is 3.55. The van der Waals surface area contributed by atoms with Crippen LogP contribution >= 0.6 is 0 Å². The predicted octanol–water partition coefficient (Wildman–Crippen LogP) is 4.60. The van der Waals surface area contributed by atoms with Gasteiger partial charge >= 0.3 is 0 Å². The SMILES string of the molecule is OC1CCN(c2ccc(-c3cc4cc(F)ccc4n3Cc3cccc(F)c3)cn2)C1. The van der Waals surface area contributed by atoms with Crippen molar-refractivity contribution in [1.82, 2.24) is 9.55 Å². The molecule has 1 atom stereocenters. The van der Waals surface area contributed by atoms with E-state index >= 15 is 0 Å². The summed E-state index contributed by atoms with van der Waals surface area (Å²) in [5, 5.41) is 10.5. The molecule has 1 aliphatic heterocycles. The molecule has 0 saturated carbocycles. The molecule has 6 heteroatoms. The molecule has 3 heterocycles. The summed E-state index contributed by atoms with van der Waals surface area (Å²) in [6.45, 7) is 1.83. The van der Waals surface area contributed by atoms with Crippen molar-refractivity contribution in [2.75, 3.05) is 18.0 Å². The fourth-order valence-electron chi connectivity index (χ4n) is 4.14. The summed E-state index contributed by atoms with van der Waals surface area (Å²) >= 11 is 0. The van der Waals surface area contributed by atoms with Gasteiger partial charge in [-0.3, -0.25) is 0 Å². The van der Waals surface area contributed by atoms with Crippen LogP contribution in [0.2, 0.25) is 0 Å². The molecule has 0 amide bonds. The first kappa shape index (κ1) is 18.8. The Morgan fingerprint density at radius 3 is 2.60 bits per heavy atom. The van der Waals surface area contributed by atoms with Crippen molar-refractivity contribution >= 4 is 16.7 Å². The molecular formula is C24H21F2N3O. The largest absolute Gasteiger partial charge is 0.391 e. The molecule has 1 fully saturated rings. The summed E-state index contributed by atoms with van der Waals surface area (Å²) in [6.07, 6.45) is 2.24. The number of anilines is 1. The standard InChI is InChI=1S/C24H21F2N3O/c25-19-3-1-2-16(10-19)14-29-22-6-5-20(26)11-18(22)12-23(29)17-4-7-24(27-13-17)28-9-8-21(30)15-28/h1-7,10-13,21,30H,8-9,14-15H2. The molecule has 5 rings (SSSR count). The van der Waals surface area contributed by atoms with Gasteiger partial charge in [0.05, 0.1) is 11.8 Å². The lowest BCUT2D eigenvalue weighted by atomic mass is 10.2. The highest BCUT2D eigenvalue weighted by molar-refractivity contribution is 5.87. The van der Waals surface area contributed by atoms with Crippen molar-refractivity contribution in [2.45, 2.75) is 19.1 Å². The lowest BCUT2D eigenvalue weighted by Crippen LogP contribution is -2.22. The predicted molar refractivity (Wildman–Crippen MR) is 113 cm³/mol. The number of fused-ring (bicyclic) bond motifs is 1. The molecular weight excluding hydrogens is 384 g/mol. The zero-order chi connectivity index (χ0) is 20.7. The van der Waals surface area contributed by atoms with Crippen LogP contribution in [0.4, 0.5) is 14.6 Å². The van der Waals surface area contributed by atoms with Gasteiger partial charge in [0.1, 0.15) is 17.5 Å². The highest BCUT2D eigenvalue weighted by atomic mass is 19.1. The average molecular weight is 405 g/mol. The van der Waals surface area contributed by atoms with Crippen LogP contribution in [0.3, 0.4) is 0 Å². The third-order valence-corrected chi connectivity index (χ3v) is 5.62. The summed E-state index contributed by atoms with van der Waals surface area (Å²) < 4.78 is 29.6. The molecule has 1 saturated heterocycles. The number of halogens is 2. The zero-order valence-corrected chi connectivity index (χ0v) is 16.3. The van der Waals surface area contributed by atoms with Crippen LogP contribution in [0.1, 0.15) is 12.0 Å². The highest BCUT2D eigenvalue weighted by Gasteiger charge is 2.21. The van der Waals surface area contributed by atoms with E-state index in [0.29, 0.717) is 13.1 Å². The Bertz CT molecular complexity index is 1200. The molecule has 0 bridgehead atoms. The number of β-amino-alcohol motifs (C(OH)–C–C–N with tert-alkyl or cyclic N) is 1. The van der Waals surface area contributed by atoms with Gasteiger partial charge < -0.3 is 14.6 Å². The molecule has 0 spiro atoms. The minimum Gasteiger partial charge on any atom is -0.391 e. The van der Waals surface area contributed by atoms with Gasteiger partial charge in [-0.1, -0.05) is 12.1 Å². The van der Waals surface area contributed by atoms with E-state index in [-0.39, 0.29) is 17.7 Å². The molecule has 30 heavy (non-hydrogen) atoms. The van der Waals surface area contributed by atoms with E-state index in [1.165, 1.54) is 24.3 Å². The van der Waals surface area contributed by atoms with Gasteiger partial charge in [0, 0.05) is 42.3 Å². The van der Waals surface area contributed by atoms with Crippen LogP contribution in [0, 0.1) is 11.6 Å². The summed E-state index contributed by atoms with van der Waals surface area (Å²) in [4.78, 5) is 6.65. The zero-order valence-electron chi connectivity index (χ0n) is 16.3. The van der Waals surface area contributed by atoms with E-state index < -0.39 is 0 Å². The van der Waals surface area contributed by atoms with Gasteiger partial charge in [-0.25, -0.2) is 13.8 Å². The van der Waals surface area contributed by atoms with Crippen molar-refractivity contribution < 1.29 is 13.9 Å². The van der Waals surface area contributed by atoms with E-state index in [4.69, 9.17) is 0 Å². The highest BCUT2D eigenvalue weighted by Crippen LogP contribution is 2.31. The van der Waals surface area contributed by atoms with Gasteiger partial charge in [0.25, 0.3) is 0 Å². The van der Waals surface area contributed by atoms with Crippen molar-refractivity contribution in [3.05, 3.63) is 84.1 Å². The fourth-order valence-corrected chi connectivity index (χ4v) is 4.14. The minimum atomic E-state index is -0.310. The van der Waals surface area contributed by atoms with Crippen molar-refractivity contribution in [1.29, 1.82) is 0 Å². The number of hydrogen-bond donors (Lipinski definition) is 1. The number of aliphatic hydroxyl groups is 1. The number of rotatable bonds is 4. The van der Waals surface area contributed by atoms with Crippen LogP contribution in [0.25, 0.3) is 22.2 Å². The van der Waals surface area contributed by atoms with Gasteiger partial charge in [-0.05, 0) is 60.5 Å². The van der Waals surface area contributed by atoms with E-state index in [0.717, 1.165) is 46.5 Å². The first-order valence-corrected chi connectivity index (χ1v) is 9.99. The summed E-state index contributed by atoms with van der Waals surface area (Å²) in [5.74, 6) is 0.252. The fraction of sp³-hybridized carbons (Fsp3) is 0.208. The Labute approximate surface area is 173 Å². The van der Waals surface area contributed by atoms with Gasteiger partial charge in [0.15, 0.2) is 0 Å². The van der Waals surface area contributed by atoms with Crippen molar-refractivity contribution in [3.8, 4) is 11.3 Å². The summed E-state index contributed by atoms with van der Waals surface area (Å²) in [5.41, 5.74) is 3.49. The molecule has 4 aromatic rings. The first-order chi connectivity index (χ1) is 14.6. The summed E-state index contributed by atoms with van der Waals surface area (Å²) in [6, 6.07) is 17.1. The van der Waals surface area contributed by atoms with E-state index in [1.54, 1.807) is 18.3 Å². The normalized spacial score (nSPS) is 16.5. The van der Waals surface area contributed by atoms with Crippen molar-refractivity contribution in [2.24, 2.45) is 0 Å². The molecule has 0 radical (unpaired) electrons. The Morgan fingerprint density at radius 1 is 1.00 bits per heavy atom. The second kappa shape index (κ2) is 7.54. The lowest BCUT2D eigenvalue weighted by Gasteiger charge is -2.17. The number of nitrogens with zero attached hydrogens (tertiary/aromatic N) is 3. The third-order valence-electron chi connectivity index (χ3n) is 5.62. The van der Waals surface area contributed by atoms with Crippen LogP contribution in [0.15, 0.2) is 66.9 Å². The maximum atomic E-state index is 13.8. The van der Waals surface area contributed by atoms with Crippen molar-refractivity contribution in [3.63, 3.8) is 0 Å². The van der Waals surface area contributed by atoms with Crippen LogP contribution < -0.4 is 4.90 Å². The lowest BCUT2D eigenvalue weighted by molar-refractivity contribution is 0.198. The molecule has 152 valence electrons. The maximum Gasteiger partial charge on any atom is 0.128 e. The van der Waals surface area contributed by atoms with E-state index in [1.807, 2.05) is 24.3 Å². The Morgan fingerprint density at radius 2 is 1.87 bits per heavy atom. The number of aliphatic hydroxyl groups excluding tert-OH is 1. The van der Waals surface area contributed by atoms with Gasteiger partial charge in [-0.2, -0.15) is 0 Å². The average Bonchev–Trinajstić information content (AvgIpc) is 3.32.